The first-order valence-electron chi connectivity index (χ1n) is 8.07. The molecule has 4 rings (SSSR count). The number of ether oxygens (including phenoxy) is 1. The number of methoxy groups -OCH3 is 1. The molecule has 0 spiro atoms. The zero-order valence-electron chi connectivity index (χ0n) is 13.9. The Labute approximate surface area is 159 Å². The van der Waals surface area contributed by atoms with Crippen LogP contribution in [0.25, 0.3) is 0 Å². The molecule has 130 valence electrons. The number of phenols is 1. The van der Waals surface area contributed by atoms with Gasteiger partial charge in [0.25, 0.3) is 0 Å². The van der Waals surface area contributed by atoms with Gasteiger partial charge in [0.05, 0.1) is 23.3 Å². The molecule has 1 aromatic heterocycles. The normalized spacial score (nSPS) is 25.0. The van der Waals surface area contributed by atoms with Crippen LogP contribution < -0.4 is 4.74 Å². The summed E-state index contributed by atoms with van der Waals surface area (Å²) in [6, 6.07) is 9.73. The average molecular weight is 420 g/mol. The fourth-order valence-corrected chi connectivity index (χ4v) is 4.95. The van der Waals surface area contributed by atoms with Crippen LogP contribution in [0, 0.1) is 0 Å². The summed E-state index contributed by atoms with van der Waals surface area (Å²) in [4.78, 5) is 11.8. The van der Waals surface area contributed by atoms with E-state index in [4.69, 9.17) is 9.73 Å². The molecule has 1 saturated heterocycles. The molecule has 0 aliphatic carbocycles. The summed E-state index contributed by atoms with van der Waals surface area (Å²) in [5.74, 6) is 0.571. The second-order valence-electron chi connectivity index (χ2n) is 6.19. The minimum Gasteiger partial charge on any atom is -0.503 e. The van der Waals surface area contributed by atoms with E-state index >= 15 is 0 Å². The third-order valence-corrected chi connectivity index (χ3v) is 6.20. The Balaban J connectivity index is 1.81. The minimum atomic E-state index is -0.0719. The van der Waals surface area contributed by atoms with Gasteiger partial charge < -0.3 is 14.7 Å². The molecule has 3 atom stereocenters. The van der Waals surface area contributed by atoms with Gasteiger partial charge in [0, 0.05) is 18.0 Å². The predicted molar refractivity (Wildman–Crippen MR) is 103 cm³/mol. The lowest BCUT2D eigenvalue weighted by atomic mass is 9.96. The Morgan fingerprint density at radius 2 is 2.20 bits per heavy atom. The summed E-state index contributed by atoms with van der Waals surface area (Å²) < 4.78 is 5.96. The maximum absolute atomic E-state index is 10.1. The van der Waals surface area contributed by atoms with E-state index in [0.29, 0.717) is 15.5 Å². The molecule has 25 heavy (non-hydrogen) atoms. The molecule has 0 bridgehead atoms. The maximum atomic E-state index is 10.1. The largest absolute Gasteiger partial charge is 0.503 e. The number of nitrogens with zero attached hydrogens (tertiary/aromatic N) is 3. The van der Waals surface area contributed by atoms with Crippen LogP contribution in [0.3, 0.4) is 0 Å². The van der Waals surface area contributed by atoms with Crippen molar-refractivity contribution in [1.29, 1.82) is 0 Å². The number of pyridine rings is 1. The van der Waals surface area contributed by atoms with Gasteiger partial charge in [-0.15, -0.1) is 0 Å². The Morgan fingerprint density at radius 3 is 2.92 bits per heavy atom. The lowest BCUT2D eigenvalue weighted by Gasteiger charge is -2.28. The predicted octanol–water partition coefficient (Wildman–Crippen LogP) is 4.15. The number of aromatic hydroxyl groups is 1. The molecular formula is C18H18BrN3O2S. The topological polar surface area (TPSA) is 58.0 Å². The summed E-state index contributed by atoms with van der Waals surface area (Å²) in [6.07, 6.45) is 1.80. The first-order chi connectivity index (χ1) is 12.1. The summed E-state index contributed by atoms with van der Waals surface area (Å²) in [5, 5.41) is 11.7. The van der Waals surface area contributed by atoms with Gasteiger partial charge in [-0.1, -0.05) is 24.8 Å². The smallest absolute Gasteiger partial charge is 0.172 e. The van der Waals surface area contributed by atoms with E-state index in [1.807, 2.05) is 30.3 Å². The van der Waals surface area contributed by atoms with Gasteiger partial charge in [-0.3, -0.25) is 9.98 Å². The number of benzene rings is 1. The molecule has 3 heterocycles. The van der Waals surface area contributed by atoms with Crippen molar-refractivity contribution < 1.29 is 9.84 Å². The van der Waals surface area contributed by atoms with Gasteiger partial charge in [-0.25, -0.2) is 0 Å². The first kappa shape index (κ1) is 16.7. The van der Waals surface area contributed by atoms with E-state index in [1.54, 1.807) is 25.1 Å². The van der Waals surface area contributed by atoms with Crippen LogP contribution in [0.2, 0.25) is 0 Å². The molecule has 2 aliphatic rings. The van der Waals surface area contributed by atoms with Crippen LogP contribution in [0.1, 0.15) is 30.3 Å². The summed E-state index contributed by atoms with van der Waals surface area (Å²) in [6.45, 7) is 3.16. The van der Waals surface area contributed by atoms with Gasteiger partial charge >= 0.3 is 0 Å². The van der Waals surface area contributed by atoms with Gasteiger partial charge in [-0.05, 0) is 45.8 Å². The standard InChI is InChI=1S/C18H18BrN3O2S/c1-10-9-22-16(11-7-12(19)17(23)14(8-11)24-2)15(21-18(22)25-10)13-5-3-4-6-20-13/h3-8,10,15-16,23H,9H2,1-2H3. The number of thioether (sulfide) groups is 1. The molecule has 0 saturated carbocycles. The Bertz CT molecular complexity index is 831. The number of aromatic nitrogens is 1. The van der Waals surface area contributed by atoms with Crippen LogP contribution in [-0.4, -0.2) is 39.1 Å². The van der Waals surface area contributed by atoms with E-state index in [0.717, 1.165) is 23.0 Å². The van der Waals surface area contributed by atoms with Crippen molar-refractivity contribution in [3.8, 4) is 11.5 Å². The van der Waals surface area contributed by atoms with Crippen LogP contribution in [0.15, 0.2) is 46.0 Å². The number of aliphatic imine (C=N–C) groups is 1. The first-order valence-corrected chi connectivity index (χ1v) is 9.74. The molecule has 1 N–H and O–H groups in total. The quantitative estimate of drug-likeness (QED) is 0.809. The number of hydrogen-bond donors (Lipinski definition) is 1. The number of amidine groups is 1. The lowest BCUT2D eigenvalue weighted by Crippen LogP contribution is -2.28. The highest BCUT2D eigenvalue weighted by atomic mass is 79.9. The number of halogens is 1. The molecule has 7 heteroatoms. The van der Waals surface area contributed by atoms with Crippen molar-refractivity contribution in [3.63, 3.8) is 0 Å². The van der Waals surface area contributed by atoms with Crippen molar-refractivity contribution in [2.45, 2.75) is 24.3 Å². The van der Waals surface area contributed by atoms with Crippen molar-refractivity contribution in [2.24, 2.45) is 4.99 Å². The lowest BCUT2D eigenvalue weighted by molar-refractivity contribution is 0.318. The summed E-state index contributed by atoms with van der Waals surface area (Å²) >= 11 is 5.24. The Morgan fingerprint density at radius 1 is 1.36 bits per heavy atom. The number of phenolic OH excluding ortho intramolecular Hbond substituents is 1. The average Bonchev–Trinajstić information content (AvgIpc) is 3.14. The molecule has 2 aliphatic heterocycles. The van der Waals surface area contributed by atoms with Crippen molar-refractivity contribution in [3.05, 3.63) is 52.3 Å². The van der Waals surface area contributed by atoms with Crippen LogP contribution in [0.5, 0.6) is 11.5 Å². The monoisotopic (exact) mass is 419 g/mol. The number of rotatable bonds is 3. The van der Waals surface area contributed by atoms with Crippen molar-refractivity contribution >= 4 is 32.9 Å². The highest BCUT2D eigenvalue weighted by molar-refractivity contribution is 9.10. The van der Waals surface area contributed by atoms with Gasteiger partial charge in [-0.2, -0.15) is 0 Å². The highest BCUT2D eigenvalue weighted by Crippen LogP contribution is 2.49. The van der Waals surface area contributed by atoms with Crippen LogP contribution in [0.4, 0.5) is 0 Å². The Hall–Kier alpha value is -1.73. The van der Waals surface area contributed by atoms with Crippen LogP contribution in [-0.2, 0) is 0 Å². The van der Waals surface area contributed by atoms with Crippen LogP contribution >= 0.6 is 27.7 Å². The fourth-order valence-electron chi connectivity index (χ4n) is 3.40. The highest BCUT2D eigenvalue weighted by Gasteiger charge is 2.43. The number of fused-ring (bicyclic) bond motifs is 1. The van der Waals surface area contributed by atoms with E-state index in [-0.39, 0.29) is 17.8 Å². The number of hydrogen-bond acceptors (Lipinski definition) is 6. The molecule has 3 unspecified atom stereocenters. The van der Waals surface area contributed by atoms with E-state index in [2.05, 4.69) is 32.7 Å². The summed E-state index contributed by atoms with van der Waals surface area (Å²) in [5.41, 5.74) is 2.00. The fraction of sp³-hybridized carbons (Fsp3) is 0.333. The molecule has 1 aromatic carbocycles. The molecule has 1 fully saturated rings. The SMILES string of the molecule is COc1cc(C2C(c3ccccn3)N=C3SC(C)CN32)cc(Br)c1O. The minimum absolute atomic E-state index is 0.0353. The Kier molecular flexibility index (Phi) is 4.37. The maximum Gasteiger partial charge on any atom is 0.172 e. The molecule has 2 aromatic rings. The third-order valence-electron chi connectivity index (χ3n) is 4.49. The van der Waals surface area contributed by atoms with Gasteiger partial charge in [0.1, 0.15) is 6.04 Å². The van der Waals surface area contributed by atoms with Gasteiger partial charge in [0.2, 0.25) is 0 Å². The molecule has 5 nitrogen and oxygen atoms in total. The van der Waals surface area contributed by atoms with E-state index in [1.165, 1.54) is 0 Å². The second kappa shape index (κ2) is 6.53. The zero-order valence-corrected chi connectivity index (χ0v) is 16.3. The van der Waals surface area contributed by atoms with E-state index < -0.39 is 0 Å². The summed E-state index contributed by atoms with van der Waals surface area (Å²) in [7, 11) is 1.56. The molecular weight excluding hydrogens is 402 g/mol. The van der Waals surface area contributed by atoms with Crippen molar-refractivity contribution in [2.75, 3.05) is 13.7 Å². The van der Waals surface area contributed by atoms with Crippen molar-refractivity contribution in [1.82, 2.24) is 9.88 Å². The third kappa shape index (κ3) is 2.89. The van der Waals surface area contributed by atoms with Gasteiger partial charge in [0.15, 0.2) is 16.7 Å². The zero-order chi connectivity index (χ0) is 17.6. The second-order valence-corrected chi connectivity index (χ2v) is 8.45. The molecule has 0 radical (unpaired) electrons. The molecule has 0 amide bonds. The van der Waals surface area contributed by atoms with E-state index in [9.17, 15) is 5.11 Å².